The molecule has 0 fully saturated rings. The third kappa shape index (κ3) is 4.73. The number of nitrogens with one attached hydrogen (secondary N) is 1. The van der Waals surface area contributed by atoms with Crippen LogP contribution in [0.1, 0.15) is 26.3 Å². The van der Waals surface area contributed by atoms with Crippen LogP contribution in [0.5, 0.6) is 11.5 Å². The first-order chi connectivity index (χ1) is 9.85. The molecule has 2 rings (SSSR count). The van der Waals surface area contributed by atoms with Gasteiger partial charge in [-0.1, -0.05) is 29.8 Å². The van der Waals surface area contributed by atoms with E-state index in [0.29, 0.717) is 17.3 Å². The molecule has 0 saturated carbocycles. The third-order valence-corrected chi connectivity index (χ3v) is 3.19. The van der Waals surface area contributed by atoms with Gasteiger partial charge in [-0.15, -0.1) is 0 Å². The maximum absolute atomic E-state index is 14.1. The van der Waals surface area contributed by atoms with Crippen molar-refractivity contribution in [2.75, 3.05) is 0 Å². The Labute approximate surface area is 129 Å². The van der Waals surface area contributed by atoms with Gasteiger partial charge in [0.25, 0.3) is 0 Å². The zero-order valence-electron chi connectivity index (χ0n) is 12.4. The van der Waals surface area contributed by atoms with Gasteiger partial charge in [0.15, 0.2) is 11.6 Å². The van der Waals surface area contributed by atoms with Crippen molar-refractivity contribution in [1.29, 1.82) is 0 Å². The Morgan fingerprint density at radius 3 is 2.43 bits per heavy atom. The second-order valence-corrected chi connectivity index (χ2v) is 6.31. The van der Waals surface area contributed by atoms with E-state index in [4.69, 9.17) is 16.3 Å². The summed E-state index contributed by atoms with van der Waals surface area (Å²) in [5.41, 5.74) is 0.859. The summed E-state index contributed by atoms with van der Waals surface area (Å²) in [6, 6.07) is 11.9. The predicted molar refractivity (Wildman–Crippen MR) is 84.5 cm³/mol. The van der Waals surface area contributed by atoms with E-state index < -0.39 is 5.82 Å². The van der Waals surface area contributed by atoms with Crippen LogP contribution in [0.2, 0.25) is 5.02 Å². The first-order valence-corrected chi connectivity index (χ1v) is 7.19. The molecule has 0 heterocycles. The van der Waals surface area contributed by atoms with Crippen LogP contribution < -0.4 is 10.1 Å². The molecule has 0 radical (unpaired) electrons. The topological polar surface area (TPSA) is 21.3 Å². The van der Waals surface area contributed by atoms with Gasteiger partial charge in [0.1, 0.15) is 5.75 Å². The number of ether oxygens (including phenoxy) is 1. The van der Waals surface area contributed by atoms with Crippen molar-refractivity contribution in [3.63, 3.8) is 0 Å². The maximum Gasteiger partial charge on any atom is 0.166 e. The van der Waals surface area contributed by atoms with Gasteiger partial charge in [0.05, 0.1) is 5.02 Å². The maximum atomic E-state index is 14.1. The Bertz CT molecular complexity index is 622. The van der Waals surface area contributed by atoms with Crippen LogP contribution in [0.3, 0.4) is 0 Å². The molecule has 0 atom stereocenters. The fourth-order valence-electron chi connectivity index (χ4n) is 1.75. The number of hydrogen-bond donors (Lipinski definition) is 1. The molecule has 112 valence electrons. The molecule has 0 aliphatic heterocycles. The summed E-state index contributed by atoms with van der Waals surface area (Å²) in [6.45, 7) is 6.81. The lowest BCUT2D eigenvalue weighted by Crippen LogP contribution is -2.35. The predicted octanol–water partition coefficient (Wildman–Crippen LogP) is 5.16. The number of hydrogen-bond acceptors (Lipinski definition) is 2. The minimum Gasteiger partial charge on any atom is -0.453 e. The van der Waals surface area contributed by atoms with E-state index in [-0.39, 0.29) is 11.3 Å². The summed E-state index contributed by atoms with van der Waals surface area (Å²) < 4.78 is 19.6. The molecular formula is C17H19ClFNO. The Morgan fingerprint density at radius 1 is 1.10 bits per heavy atom. The number of benzene rings is 2. The minimum atomic E-state index is -0.400. The van der Waals surface area contributed by atoms with Crippen LogP contribution in [0, 0.1) is 5.82 Å². The fourth-order valence-corrected chi connectivity index (χ4v) is 1.92. The first-order valence-electron chi connectivity index (χ1n) is 6.81. The zero-order chi connectivity index (χ0) is 15.5. The lowest BCUT2D eigenvalue weighted by Gasteiger charge is -2.20. The average Bonchev–Trinajstić information content (AvgIpc) is 2.41. The van der Waals surface area contributed by atoms with E-state index in [9.17, 15) is 4.39 Å². The third-order valence-electron chi connectivity index (χ3n) is 2.88. The standard InChI is InChI=1S/C17H19ClFNO/c1-17(2,3)20-11-12-8-9-16(14(19)10-12)21-15-7-5-4-6-13(15)18/h4-10,20H,11H2,1-3H3. The van der Waals surface area contributed by atoms with Gasteiger partial charge in [-0.05, 0) is 50.6 Å². The van der Waals surface area contributed by atoms with Gasteiger partial charge >= 0.3 is 0 Å². The number of para-hydroxylation sites is 1. The van der Waals surface area contributed by atoms with Crippen molar-refractivity contribution in [3.8, 4) is 11.5 Å². The number of rotatable bonds is 4. The molecule has 0 spiro atoms. The summed E-state index contributed by atoms with van der Waals surface area (Å²) in [7, 11) is 0. The van der Waals surface area contributed by atoms with E-state index >= 15 is 0 Å². The molecule has 0 bridgehead atoms. The second-order valence-electron chi connectivity index (χ2n) is 5.90. The smallest absolute Gasteiger partial charge is 0.166 e. The summed E-state index contributed by atoms with van der Waals surface area (Å²) in [5.74, 6) is 0.212. The molecule has 0 unspecified atom stereocenters. The van der Waals surface area contributed by atoms with Crippen molar-refractivity contribution in [2.45, 2.75) is 32.9 Å². The Morgan fingerprint density at radius 2 is 1.81 bits per heavy atom. The van der Waals surface area contributed by atoms with Crippen molar-refractivity contribution in [2.24, 2.45) is 0 Å². The minimum absolute atomic E-state index is 0.0107. The van der Waals surface area contributed by atoms with Gasteiger partial charge in [-0.25, -0.2) is 4.39 Å². The molecule has 21 heavy (non-hydrogen) atoms. The van der Waals surface area contributed by atoms with Crippen LogP contribution in [0.4, 0.5) is 4.39 Å². The van der Waals surface area contributed by atoms with Gasteiger partial charge in [-0.2, -0.15) is 0 Å². The molecule has 0 amide bonds. The molecule has 1 N–H and O–H groups in total. The molecule has 0 aromatic heterocycles. The molecule has 2 aromatic rings. The zero-order valence-corrected chi connectivity index (χ0v) is 13.2. The van der Waals surface area contributed by atoms with E-state index in [1.807, 2.05) is 6.07 Å². The molecule has 2 aromatic carbocycles. The summed E-state index contributed by atoms with van der Waals surface area (Å²) >= 11 is 6.00. The molecular weight excluding hydrogens is 289 g/mol. The van der Waals surface area contributed by atoms with Gasteiger partial charge in [0, 0.05) is 12.1 Å². The fraction of sp³-hybridized carbons (Fsp3) is 0.294. The van der Waals surface area contributed by atoms with E-state index in [0.717, 1.165) is 5.56 Å². The van der Waals surface area contributed by atoms with Crippen molar-refractivity contribution < 1.29 is 9.13 Å². The molecule has 0 aliphatic rings. The molecule has 0 saturated heterocycles. The van der Waals surface area contributed by atoms with Crippen LogP contribution in [0.15, 0.2) is 42.5 Å². The van der Waals surface area contributed by atoms with Gasteiger partial charge < -0.3 is 10.1 Å². The molecule has 0 aliphatic carbocycles. The van der Waals surface area contributed by atoms with Crippen LogP contribution in [0.25, 0.3) is 0 Å². The normalized spacial score (nSPS) is 11.5. The van der Waals surface area contributed by atoms with Gasteiger partial charge in [0.2, 0.25) is 0 Å². The molecule has 4 heteroatoms. The highest BCUT2D eigenvalue weighted by Gasteiger charge is 2.11. The monoisotopic (exact) mass is 307 g/mol. The largest absolute Gasteiger partial charge is 0.453 e. The molecule has 2 nitrogen and oxygen atoms in total. The van der Waals surface area contributed by atoms with E-state index in [1.54, 1.807) is 30.3 Å². The van der Waals surface area contributed by atoms with Crippen molar-refractivity contribution in [1.82, 2.24) is 5.32 Å². The quantitative estimate of drug-likeness (QED) is 0.842. The van der Waals surface area contributed by atoms with Crippen LogP contribution >= 0.6 is 11.6 Å². The highest BCUT2D eigenvalue weighted by Crippen LogP contribution is 2.30. The van der Waals surface area contributed by atoms with E-state index in [1.165, 1.54) is 6.07 Å². The van der Waals surface area contributed by atoms with Crippen molar-refractivity contribution >= 4 is 11.6 Å². The lowest BCUT2D eigenvalue weighted by molar-refractivity contribution is 0.420. The first kappa shape index (κ1) is 15.8. The number of halogens is 2. The average molecular weight is 308 g/mol. The Hall–Kier alpha value is -1.58. The Kier molecular flexibility index (Phi) is 4.86. The summed E-state index contributed by atoms with van der Waals surface area (Å²) in [6.07, 6.45) is 0. The summed E-state index contributed by atoms with van der Waals surface area (Å²) in [5, 5.41) is 3.77. The Balaban J connectivity index is 2.11. The SMILES string of the molecule is CC(C)(C)NCc1ccc(Oc2ccccc2Cl)c(F)c1. The highest BCUT2D eigenvalue weighted by atomic mass is 35.5. The van der Waals surface area contributed by atoms with E-state index in [2.05, 4.69) is 26.1 Å². The summed E-state index contributed by atoms with van der Waals surface area (Å²) in [4.78, 5) is 0. The van der Waals surface area contributed by atoms with Crippen molar-refractivity contribution in [3.05, 3.63) is 58.9 Å². The lowest BCUT2D eigenvalue weighted by atomic mass is 10.1. The van der Waals surface area contributed by atoms with Crippen LogP contribution in [-0.4, -0.2) is 5.54 Å². The highest BCUT2D eigenvalue weighted by molar-refractivity contribution is 6.32. The van der Waals surface area contributed by atoms with Crippen LogP contribution in [-0.2, 0) is 6.54 Å². The van der Waals surface area contributed by atoms with Gasteiger partial charge in [-0.3, -0.25) is 0 Å². The second kappa shape index (κ2) is 6.46.